The maximum Gasteiger partial charge on any atom is 0.310 e. The SMILES string of the molecule is O=C(COc1ccccc1[N+](=O)[O-])N1CCc2sccc2C1. The average molecular weight is 318 g/mol. The molecular weight excluding hydrogens is 304 g/mol. The highest BCUT2D eigenvalue weighted by Crippen LogP contribution is 2.27. The summed E-state index contributed by atoms with van der Waals surface area (Å²) in [5.41, 5.74) is 1.05. The molecule has 3 rings (SSSR count). The summed E-state index contributed by atoms with van der Waals surface area (Å²) in [4.78, 5) is 25.7. The van der Waals surface area contributed by atoms with Crippen molar-refractivity contribution in [2.45, 2.75) is 13.0 Å². The minimum absolute atomic E-state index is 0.120. The van der Waals surface area contributed by atoms with E-state index < -0.39 is 4.92 Å². The van der Waals surface area contributed by atoms with Crippen LogP contribution in [-0.2, 0) is 17.8 Å². The van der Waals surface area contributed by atoms with E-state index in [1.54, 1.807) is 28.4 Å². The summed E-state index contributed by atoms with van der Waals surface area (Å²) >= 11 is 1.71. The average Bonchev–Trinajstić information content (AvgIpc) is 3.00. The Bertz CT molecular complexity index is 713. The Labute approximate surface area is 131 Å². The lowest BCUT2D eigenvalue weighted by Gasteiger charge is -2.26. The molecule has 2 aromatic rings. The van der Waals surface area contributed by atoms with Crippen LogP contribution in [0.1, 0.15) is 10.4 Å². The molecule has 0 saturated heterocycles. The van der Waals surface area contributed by atoms with Crippen molar-refractivity contribution in [3.05, 3.63) is 56.3 Å². The first kappa shape index (κ1) is 14.5. The van der Waals surface area contributed by atoms with E-state index in [1.807, 2.05) is 11.4 Å². The largest absolute Gasteiger partial charge is 0.477 e. The molecule has 1 aliphatic heterocycles. The van der Waals surface area contributed by atoms with Gasteiger partial charge in [-0.05, 0) is 29.5 Å². The topological polar surface area (TPSA) is 72.7 Å². The van der Waals surface area contributed by atoms with Gasteiger partial charge in [-0.1, -0.05) is 12.1 Å². The van der Waals surface area contributed by atoms with Gasteiger partial charge in [0.2, 0.25) is 0 Å². The van der Waals surface area contributed by atoms with Crippen LogP contribution in [0.5, 0.6) is 5.75 Å². The number of thiophene rings is 1. The fourth-order valence-corrected chi connectivity index (χ4v) is 3.31. The molecule has 0 radical (unpaired) electrons. The van der Waals surface area contributed by atoms with Crippen LogP contribution in [-0.4, -0.2) is 28.9 Å². The van der Waals surface area contributed by atoms with Gasteiger partial charge in [0.15, 0.2) is 12.4 Å². The Balaban J connectivity index is 1.63. The van der Waals surface area contributed by atoms with E-state index in [2.05, 4.69) is 0 Å². The highest BCUT2D eigenvalue weighted by Gasteiger charge is 2.22. The number of nitro groups is 1. The number of nitrogens with zero attached hydrogens (tertiary/aromatic N) is 2. The Morgan fingerprint density at radius 2 is 2.18 bits per heavy atom. The van der Waals surface area contributed by atoms with E-state index in [0.29, 0.717) is 13.1 Å². The van der Waals surface area contributed by atoms with Gasteiger partial charge in [0.05, 0.1) is 4.92 Å². The second-order valence-corrected chi connectivity index (χ2v) is 5.95. The van der Waals surface area contributed by atoms with Crippen LogP contribution >= 0.6 is 11.3 Å². The minimum Gasteiger partial charge on any atom is -0.477 e. The van der Waals surface area contributed by atoms with Crippen molar-refractivity contribution in [1.82, 2.24) is 4.90 Å². The number of para-hydroxylation sites is 2. The molecule has 0 spiro atoms. The Morgan fingerprint density at radius 1 is 1.36 bits per heavy atom. The van der Waals surface area contributed by atoms with Gasteiger partial charge < -0.3 is 9.64 Å². The maximum atomic E-state index is 12.2. The van der Waals surface area contributed by atoms with Crippen molar-refractivity contribution >= 4 is 22.9 Å². The van der Waals surface area contributed by atoms with Gasteiger partial charge in [-0.3, -0.25) is 14.9 Å². The monoisotopic (exact) mass is 318 g/mol. The number of fused-ring (bicyclic) bond motifs is 1. The fraction of sp³-hybridized carbons (Fsp3) is 0.267. The van der Waals surface area contributed by atoms with Crippen LogP contribution in [0.2, 0.25) is 0 Å². The third-order valence-corrected chi connectivity index (χ3v) is 4.60. The van der Waals surface area contributed by atoms with Crippen LogP contribution in [0.15, 0.2) is 35.7 Å². The van der Waals surface area contributed by atoms with Gasteiger partial charge >= 0.3 is 5.69 Å². The third kappa shape index (κ3) is 2.94. The molecule has 6 nitrogen and oxygen atoms in total. The number of rotatable bonds is 4. The van der Waals surface area contributed by atoms with Gasteiger partial charge in [0.1, 0.15) is 0 Å². The van der Waals surface area contributed by atoms with Gasteiger partial charge in [-0.2, -0.15) is 0 Å². The Hall–Kier alpha value is -2.41. The van der Waals surface area contributed by atoms with E-state index in [0.717, 1.165) is 6.42 Å². The summed E-state index contributed by atoms with van der Waals surface area (Å²) in [6.07, 6.45) is 0.851. The molecule has 0 N–H and O–H groups in total. The quantitative estimate of drug-likeness (QED) is 0.641. The normalized spacial score (nSPS) is 13.5. The number of hydrogen-bond donors (Lipinski definition) is 0. The Morgan fingerprint density at radius 3 is 3.00 bits per heavy atom. The van der Waals surface area contributed by atoms with Crippen LogP contribution in [0.4, 0.5) is 5.69 Å². The van der Waals surface area contributed by atoms with Crippen molar-refractivity contribution in [1.29, 1.82) is 0 Å². The number of hydrogen-bond acceptors (Lipinski definition) is 5. The predicted octanol–water partition coefficient (Wildman–Crippen LogP) is 2.62. The van der Waals surface area contributed by atoms with Crippen molar-refractivity contribution < 1.29 is 14.5 Å². The van der Waals surface area contributed by atoms with Crippen molar-refractivity contribution in [2.24, 2.45) is 0 Å². The van der Waals surface area contributed by atoms with Crippen LogP contribution in [0.3, 0.4) is 0 Å². The van der Waals surface area contributed by atoms with Crippen molar-refractivity contribution in [3.63, 3.8) is 0 Å². The Kier molecular flexibility index (Phi) is 4.06. The van der Waals surface area contributed by atoms with Crippen molar-refractivity contribution in [2.75, 3.05) is 13.2 Å². The molecule has 22 heavy (non-hydrogen) atoms. The maximum absolute atomic E-state index is 12.2. The summed E-state index contributed by atoms with van der Waals surface area (Å²) in [6.45, 7) is 1.05. The molecule has 0 bridgehead atoms. The molecule has 114 valence electrons. The van der Waals surface area contributed by atoms with Gasteiger partial charge in [0, 0.05) is 24.0 Å². The number of amides is 1. The zero-order valence-corrected chi connectivity index (χ0v) is 12.5. The number of benzene rings is 1. The van der Waals surface area contributed by atoms with Gasteiger partial charge in [-0.25, -0.2) is 0 Å². The summed E-state index contributed by atoms with van der Waals surface area (Å²) in [6, 6.07) is 8.10. The van der Waals surface area contributed by atoms with Gasteiger partial charge in [-0.15, -0.1) is 11.3 Å². The standard InChI is InChI=1S/C15H14N2O4S/c18-15(16-7-5-14-11(9-16)6-8-22-14)10-21-13-4-2-1-3-12(13)17(19)20/h1-4,6,8H,5,7,9-10H2. The second-order valence-electron chi connectivity index (χ2n) is 4.95. The number of carbonyl (C=O) groups excluding carboxylic acids is 1. The van der Waals surface area contributed by atoms with E-state index in [4.69, 9.17) is 4.74 Å². The first-order chi connectivity index (χ1) is 10.6. The molecule has 0 saturated carbocycles. The molecule has 0 unspecified atom stereocenters. The number of carbonyl (C=O) groups is 1. The lowest BCUT2D eigenvalue weighted by molar-refractivity contribution is -0.385. The molecule has 7 heteroatoms. The first-order valence-corrected chi connectivity index (χ1v) is 7.72. The van der Waals surface area contributed by atoms with Gasteiger partial charge in [0.25, 0.3) is 5.91 Å². The van der Waals surface area contributed by atoms with E-state index in [9.17, 15) is 14.9 Å². The molecule has 1 aromatic heterocycles. The van der Waals surface area contributed by atoms with E-state index in [1.165, 1.54) is 22.6 Å². The fourth-order valence-electron chi connectivity index (χ4n) is 2.42. The lowest BCUT2D eigenvalue weighted by Crippen LogP contribution is -2.38. The molecule has 0 fully saturated rings. The smallest absolute Gasteiger partial charge is 0.310 e. The zero-order valence-electron chi connectivity index (χ0n) is 11.7. The molecule has 1 aliphatic rings. The molecule has 0 atom stereocenters. The molecular formula is C15H14N2O4S. The predicted molar refractivity (Wildman–Crippen MR) is 82.0 cm³/mol. The van der Waals surface area contributed by atoms with Crippen LogP contribution < -0.4 is 4.74 Å². The summed E-state index contributed by atoms with van der Waals surface area (Å²) in [7, 11) is 0. The summed E-state index contributed by atoms with van der Waals surface area (Å²) < 4.78 is 5.35. The van der Waals surface area contributed by atoms with Crippen LogP contribution in [0.25, 0.3) is 0 Å². The zero-order chi connectivity index (χ0) is 15.5. The highest BCUT2D eigenvalue weighted by molar-refractivity contribution is 7.10. The van der Waals surface area contributed by atoms with E-state index in [-0.39, 0.29) is 24.0 Å². The summed E-state index contributed by atoms with van der Waals surface area (Å²) in [5.74, 6) is -0.0379. The minimum atomic E-state index is -0.516. The second kappa shape index (κ2) is 6.15. The van der Waals surface area contributed by atoms with Crippen LogP contribution in [0, 0.1) is 10.1 Å². The number of ether oxygens (including phenoxy) is 1. The van der Waals surface area contributed by atoms with Crippen molar-refractivity contribution in [3.8, 4) is 5.75 Å². The lowest BCUT2D eigenvalue weighted by atomic mass is 10.1. The molecule has 2 heterocycles. The first-order valence-electron chi connectivity index (χ1n) is 6.84. The summed E-state index contributed by atoms with van der Waals surface area (Å²) in [5, 5.41) is 12.9. The molecule has 1 amide bonds. The number of nitro benzene ring substituents is 1. The highest BCUT2D eigenvalue weighted by atomic mass is 32.1. The molecule has 0 aliphatic carbocycles. The third-order valence-electron chi connectivity index (χ3n) is 3.57. The molecule has 1 aromatic carbocycles. The van der Waals surface area contributed by atoms with E-state index >= 15 is 0 Å².